The Labute approximate surface area is 220 Å². The zero-order chi connectivity index (χ0) is 27.1. The van der Waals surface area contributed by atoms with Crippen LogP contribution in [0, 0.1) is 17.1 Å². The van der Waals surface area contributed by atoms with Crippen molar-refractivity contribution in [2.24, 2.45) is 0 Å². The van der Waals surface area contributed by atoms with Crippen LogP contribution in [0.25, 0.3) is 0 Å². The van der Waals surface area contributed by atoms with E-state index in [9.17, 15) is 23.2 Å². The van der Waals surface area contributed by atoms with E-state index in [0.29, 0.717) is 25.7 Å². The van der Waals surface area contributed by atoms with E-state index in [4.69, 9.17) is 17.0 Å². The minimum atomic E-state index is -4.97. The first kappa shape index (κ1) is 25.5. The molecule has 0 unspecified atom stereocenters. The highest BCUT2D eigenvalue weighted by atomic mass is 32.1. The van der Waals surface area contributed by atoms with Gasteiger partial charge < -0.3 is 9.64 Å². The Morgan fingerprint density at radius 2 is 1.97 bits per heavy atom. The Bertz CT molecular complexity index is 1450. The number of amides is 1. The van der Waals surface area contributed by atoms with Gasteiger partial charge in [0, 0.05) is 36.8 Å². The van der Waals surface area contributed by atoms with Gasteiger partial charge in [-0.3, -0.25) is 14.7 Å². The molecule has 0 N–H and O–H groups in total. The number of aromatic nitrogens is 2. The van der Waals surface area contributed by atoms with Gasteiger partial charge in [0.25, 0.3) is 5.91 Å². The van der Waals surface area contributed by atoms with E-state index < -0.39 is 40.4 Å². The Kier molecular flexibility index (Phi) is 6.48. The van der Waals surface area contributed by atoms with Gasteiger partial charge in [-0.05, 0) is 61.3 Å². The minimum absolute atomic E-state index is 0.0132. The molecule has 2 aliphatic rings. The van der Waals surface area contributed by atoms with Crippen molar-refractivity contribution in [2.75, 3.05) is 16.4 Å². The molecule has 1 aliphatic carbocycles. The fourth-order valence-electron chi connectivity index (χ4n) is 4.77. The molecule has 1 aliphatic heterocycles. The third-order valence-corrected chi connectivity index (χ3v) is 7.06. The van der Waals surface area contributed by atoms with Gasteiger partial charge in [0.1, 0.15) is 17.2 Å². The summed E-state index contributed by atoms with van der Waals surface area (Å²) in [7, 11) is 0. The van der Waals surface area contributed by atoms with Gasteiger partial charge in [-0.15, -0.1) is 0 Å². The van der Waals surface area contributed by atoms with Gasteiger partial charge >= 0.3 is 6.18 Å². The van der Waals surface area contributed by atoms with Crippen LogP contribution in [-0.2, 0) is 17.4 Å². The van der Waals surface area contributed by atoms with Crippen molar-refractivity contribution in [3.05, 3.63) is 77.6 Å². The molecule has 3 heterocycles. The standard InChI is InChI=1S/C26H19F4N5O2S/c27-18-13-17(4-5-21(18)37-12-7-16-3-1-10-32-15-16)35-24(38)34(23(36)25(35)8-2-9-25)20-6-11-33-19(14-31)22(20)26(28,29)30/h1,3-6,10-11,13,15H,2,7-9,12H2. The highest BCUT2D eigenvalue weighted by Gasteiger charge is 2.60. The van der Waals surface area contributed by atoms with Crippen LogP contribution in [0.1, 0.15) is 36.1 Å². The maximum Gasteiger partial charge on any atom is 0.421 e. The van der Waals surface area contributed by atoms with Crippen molar-refractivity contribution in [1.82, 2.24) is 9.97 Å². The first-order chi connectivity index (χ1) is 18.2. The number of hydrogen-bond acceptors (Lipinski definition) is 6. The van der Waals surface area contributed by atoms with Crippen molar-refractivity contribution in [2.45, 2.75) is 37.4 Å². The predicted octanol–water partition coefficient (Wildman–Crippen LogP) is 5.19. The Morgan fingerprint density at radius 3 is 2.58 bits per heavy atom. The molecule has 12 heteroatoms. The number of nitriles is 1. The number of carbonyl (C=O) groups excluding carboxylic acids is 1. The molecule has 1 saturated heterocycles. The zero-order valence-electron chi connectivity index (χ0n) is 19.7. The molecule has 3 aromatic rings. The maximum absolute atomic E-state index is 15.1. The molecular formula is C26H19F4N5O2S. The number of carbonyl (C=O) groups is 1. The number of halogens is 4. The second kappa shape index (κ2) is 9.64. The number of thiocarbonyl (C=S) groups is 1. The Hall–Kier alpha value is -4.11. The van der Waals surface area contributed by atoms with Crippen LogP contribution in [0.15, 0.2) is 55.0 Å². The summed E-state index contributed by atoms with van der Waals surface area (Å²) in [5.74, 6) is -1.38. The van der Waals surface area contributed by atoms with Crippen LogP contribution >= 0.6 is 12.2 Å². The first-order valence-electron chi connectivity index (χ1n) is 11.6. The van der Waals surface area contributed by atoms with Crippen LogP contribution in [0.5, 0.6) is 5.75 Å². The molecule has 194 valence electrons. The molecule has 1 amide bonds. The third kappa shape index (κ3) is 4.22. The third-order valence-electron chi connectivity index (χ3n) is 6.70. The maximum atomic E-state index is 15.1. The summed E-state index contributed by atoms with van der Waals surface area (Å²) in [5.41, 5.74) is -2.91. The van der Waals surface area contributed by atoms with Gasteiger partial charge in [-0.25, -0.2) is 9.37 Å². The summed E-state index contributed by atoms with van der Waals surface area (Å²) in [6.07, 6.45) is 1.19. The number of benzene rings is 1. The minimum Gasteiger partial charge on any atom is -0.490 e. The van der Waals surface area contributed by atoms with Crippen molar-refractivity contribution < 1.29 is 27.1 Å². The molecule has 0 atom stereocenters. The number of rotatable bonds is 6. The molecule has 1 aromatic carbocycles. The number of hydrogen-bond donors (Lipinski definition) is 0. The molecule has 2 fully saturated rings. The highest BCUT2D eigenvalue weighted by Crippen LogP contribution is 2.50. The van der Waals surface area contributed by atoms with E-state index >= 15 is 4.39 Å². The van der Waals surface area contributed by atoms with Crippen molar-refractivity contribution in [1.29, 1.82) is 5.26 Å². The monoisotopic (exact) mass is 541 g/mol. The van der Waals surface area contributed by atoms with E-state index in [1.54, 1.807) is 18.5 Å². The van der Waals surface area contributed by atoms with Crippen molar-refractivity contribution >= 4 is 34.6 Å². The molecule has 5 rings (SSSR count). The summed E-state index contributed by atoms with van der Waals surface area (Å²) in [6.45, 7) is 0.198. The lowest BCUT2D eigenvalue weighted by atomic mass is 9.75. The summed E-state index contributed by atoms with van der Waals surface area (Å²) in [6, 6.07) is 10.2. The van der Waals surface area contributed by atoms with E-state index in [1.165, 1.54) is 23.1 Å². The van der Waals surface area contributed by atoms with Crippen LogP contribution in [0.4, 0.5) is 28.9 Å². The second-order valence-electron chi connectivity index (χ2n) is 8.88. The molecule has 0 bridgehead atoms. The largest absolute Gasteiger partial charge is 0.490 e. The molecule has 0 radical (unpaired) electrons. The van der Waals surface area contributed by atoms with Crippen LogP contribution in [0.3, 0.4) is 0 Å². The Morgan fingerprint density at radius 1 is 1.18 bits per heavy atom. The lowest BCUT2D eigenvalue weighted by molar-refractivity contribution is -0.137. The summed E-state index contributed by atoms with van der Waals surface area (Å²) >= 11 is 5.52. The van der Waals surface area contributed by atoms with Gasteiger partial charge in [0.15, 0.2) is 22.4 Å². The fraction of sp³-hybridized carbons (Fsp3) is 0.269. The first-order valence-corrected chi connectivity index (χ1v) is 12.0. The predicted molar refractivity (Wildman–Crippen MR) is 133 cm³/mol. The SMILES string of the molecule is N#Cc1nccc(N2C(=O)C3(CCC3)N(c3ccc(OCCc4cccnc4)c(F)c3)C2=S)c1C(F)(F)F. The van der Waals surface area contributed by atoms with Crippen LogP contribution in [-0.4, -0.2) is 33.1 Å². The molecule has 1 saturated carbocycles. The van der Waals surface area contributed by atoms with Gasteiger partial charge in [-0.1, -0.05) is 6.07 Å². The number of anilines is 2. The number of nitrogens with zero attached hydrogens (tertiary/aromatic N) is 5. The van der Waals surface area contributed by atoms with E-state index in [1.807, 2.05) is 6.07 Å². The molecule has 2 aromatic heterocycles. The van der Waals surface area contributed by atoms with E-state index in [0.717, 1.165) is 28.8 Å². The van der Waals surface area contributed by atoms with Gasteiger partial charge in [0.2, 0.25) is 0 Å². The zero-order valence-corrected chi connectivity index (χ0v) is 20.5. The normalized spacial score (nSPS) is 16.5. The quantitative estimate of drug-likeness (QED) is 0.314. The number of alkyl halides is 3. The topological polar surface area (TPSA) is 82.4 Å². The lowest BCUT2D eigenvalue weighted by Crippen LogP contribution is -2.55. The summed E-state index contributed by atoms with van der Waals surface area (Å²) < 4.78 is 62.5. The number of ether oxygens (including phenoxy) is 1. The summed E-state index contributed by atoms with van der Waals surface area (Å²) in [4.78, 5) is 23.3. The smallest absolute Gasteiger partial charge is 0.421 e. The van der Waals surface area contributed by atoms with Gasteiger partial charge in [-0.2, -0.15) is 18.4 Å². The molecule has 7 nitrogen and oxygen atoms in total. The van der Waals surface area contributed by atoms with Crippen LogP contribution in [0.2, 0.25) is 0 Å². The lowest BCUT2D eigenvalue weighted by Gasteiger charge is -2.43. The highest BCUT2D eigenvalue weighted by molar-refractivity contribution is 7.81. The average molecular weight is 542 g/mol. The van der Waals surface area contributed by atoms with Crippen molar-refractivity contribution in [3.63, 3.8) is 0 Å². The fourth-order valence-corrected chi connectivity index (χ4v) is 5.23. The average Bonchev–Trinajstić information content (AvgIpc) is 3.11. The molecular weight excluding hydrogens is 522 g/mol. The van der Waals surface area contributed by atoms with Crippen molar-refractivity contribution in [3.8, 4) is 11.8 Å². The Balaban J connectivity index is 1.46. The van der Waals surface area contributed by atoms with Crippen LogP contribution < -0.4 is 14.5 Å². The molecule has 1 spiro atoms. The second-order valence-corrected chi connectivity index (χ2v) is 9.25. The van der Waals surface area contributed by atoms with Gasteiger partial charge in [0.05, 0.1) is 12.3 Å². The van der Waals surface area contributed by atoms with E-state index in [2.05, 4.69) is 9.97 Å². The summed E-state index contributed by atoms with van der Waals surface area (Å²) in [5, 5.41) is 9.00. The number of pyridine rings is 2. The van der Waals surface area contributed by atoms with E-state index in [-0.39, 0.29) is 23.2 Å². The molecule has 38 heavy (non-hydrogen) atoms.